The third-order valence-corrected chi connectivity index (χ3v) is 4.63. The molecule has 0 fully saturated rings. The van der Waals surface area contributed by atoms with Crippen LogP contribution in [0.3, 0.4) is 0 Å². The van der Waals surface area contributed by atoms with Crippen molar-refractivity contribution in [2.75, 3.05) is 11.9 Å². The molecular formula is C12H16N4O2S2. The largest absolute Gasteiger partial charge is 0.384 e. The van der Waals surface area contributed by atoms with Crippen LogP contribution in [0.5, 0.6) is 0 Å². The molecule has 0 aliphatic rings. The molecule has 0 unspecified atom stereocenters. The van der Waals surface area contributed by atoms with Gasteiger partial charge in [0.1, 0.15) is 4.90 Å². The first kappa shape index (κ1) is 14.9. The predicted molar refractivity (Wildman–Crippen MR) is 79.2 cm³/mol. The molecule has 8 heteroatoms. The zero-order valence-corrected chi connectivity index (χ0v) is 12.7. The second-order valence-corrected chi connectivity index (χ2v) is 6.56. The number of aromatic nitrogens is 2. The number of pyridine rings is 1. The van der Waals surface area contributed by atoms with Crippen LogP contribution in [0.15, 0.2) is 34.2 Å². The summed E-state index contributed by atoms with van der Waals surface area (Å²) in [7, 11) is -3.61. The zero-order chi connectivity index (χ0) is 14.4. The first-order valence-electron chi connectivity index (χ1n) is 6.18. The summed E-state index contributed by atoms with van der Waals surface area (Å²) in [4.78, 5) is 8.09. The second-order valence-electron chi connectivity index (χ2n) is 4.10. The van der Waals surface area contributed by atoms with Crippen LogP contribution in [0, 0.1) is 0 Å². The topological polar surface area (TPSA) is 84.0 Å². The van der Waals surface area contributed by atoms with Gasteiger partial charge in [-0.25, -0.2) is 18.1 Å². The molecule has 0 atom stereocenters. The first-order valence-corrected chi connectivity index (χ1v) is 8.60. The lowest BCUT2D eigenvalue weighted by Crippen LogP contribution is -2.24. The standard InChI is InChI=1S/C12H16N4O2S2/c1-2-4-14-11-3-5-13-7-12(11)20(17,18)16-6-10-8-19-9-15-10/h3,5,7-9,16H,2,4,6H2,1H3,(H,13,14). The maximum atomic E-state index is 12.3. The predicted octanol–water partition coefficient (Wildman–Crippen LogP) is 1.84. The van der Waals surface area contributed by atoms with Gasteiger partial charge in [0.05, 0.1) is 23.4 Å². The Morgan fingerprint density at radius 3 is 2.95 bits per heavy atom. The van der Waals surface area contributed by atoms with Gasteiger partial charge in [-0.15, -0.1) is 11.3 Å². The van der Waals surface area contributed by atoms with Crippen LogP contribution >= 0.6 is 11.3 Å². The Morgan fingerprint density at radius 1 is 1.40 bits per heavy atom. The summed E-state index contributed by atoms with van der Waals surface area (Å²) in [5.74, 6) is 0. The van der Waals surface area contributed by atoms with Gasteiger partial charge in [0.25, 0.3) is 0 Å². The molecule has 2 N–H and O–H groups in total. The lowest BCUT2D eigenvalue weighted by molar-refractivity contribution is 0.580. The monoisotopic (exact) mass is 312 g/mol. The smallest absolute Gasteiger partial charge is 0.244 e. The van der Waals surface area contributed by atoms with Gasteiger partial charge in [-0.2, -0.15) is 0 Å². The molecule has 0 saturated carbocycles. The van der Waals surface area contributed by atoms with Crippen LogP contribution in [0.4, 0.5) is 5.69 Å². The summed E-state index contributed by atoms with van der Waals surface area (Å²) >= 11 is 1.43. The minimum absolute atomic E-state index is 0.156. The maximum Gasteiger partial charge on any atom is 0.244 e. The van der Waals surface area contributed by atoms with E-state index in [4.69, 9.17) is 0 Å². The van der Waals surface area contributed by atoms with Crippen LogP contribution in [0.2, 0.25) is 0 Å². The van der Waals surface area contributed by atoms with Gasteiger partial charge in [-0.1, -0.05) is 6.92 Å². The number of hydrogen-bond acceptors (Lipinski definition) is 6. The first-order chi connectivity index (χ1) is 9.63. The van der Waals surface area contributed by atoms with E-state index in [1.165, 1.54) is 17.5 Å². The summed E-state index contributed by atoms with van der Waals surface area (Å²) in [5, 5.41) is 4.90. The number of nitrogens with one attached hydrogen (secondary N) is 2. The SMILES string of the molecule is CCCNc1ccncc1S(=O)(=O)NCc1cscn1. The van der Waals surface area contributed by atoms with Crippen molar-refractivity contribution in [1.82, 2.24) is 14.7 Å². The molecule has 0 bridgehead atoms. The summed E-state index contributed by atoms with van der Waals surface area (Å²) in [6.07, 6.45) is 3.83. The molecule has 0 aliphatic heterocycles. The van der Waals surface area contributed by atoms with E-state index < -0.39 is 10.0 Å². The van der Waals surface area contributed by atoms with Crippen LogP contribution < -0.4 is 10.0 Å². The summed E-state index contributed by atoms with van der Waals surface area (Å²) in [6.45, 7) is 2.90. The Bertz CT molecular complexity index is 641. The molecule has 0 aromatic carbocycles. The summed E-state index contributed by atoms with van der Waals surface area (Å²) < 4.78 is 27.1. The van der Waals surface area contributed by atoms with E-state index in [-0.39, 0.29) is 11.4 Å². The summed E-state index contributed by atoms with van der Waals surface area (Å²) in [6, 6.07) is 1.66. The van der Waals surface area contributed by atoms with Crippen molar-refractivity contribution < 1.29 is 8.42 Å². The van der Waals surface area contributed by atoms with E-state index in [0.717, 1.165) is 6.42 Å². The zero-order valence-electron chi connectivity index (χ0n) is 11.0. The average molecular weight is 312 g/mol. The highest BCUT2D eigenvalue weighted by Crippen LogP contribution is 2.19. The number of hydrogen-bond donors (Lipinski definition) is 2. The van der Waals surface area contributed by atoms with Crippen LogP contribution in [-0.4, -0.2) is 24.9 Å². The number of nitrogens with zero attached hydrogens (tertiary/aromatic N) is 2. The maximum absolute atomic E-state index is 12.3. The van der Waals surface area contributed by atoms with Crippen LogP contribution in [0.25, 0.3) is 0 Å². The van der Waals surface area contributed by atoms with Gasteiger partial charge in [0.2, 0.25) is 10.0 Å². The molecule has 6 nitrogen and oxygen atoms in total. The van der Waals surface area contributed by atoms with Crippen molar-refractivity contribution in [2.45, 2.75) is 24.8 Å². The van der Waals surface area contributed by atoms with E-state index in [1.807, 2.05) is 12.3 Å². The minimum Gasteiger partial charge on any atom is -0.384 e. The van der Waals surface area contributed by atoms with E-state index in [0.29, 0.717) is 17.9 Å². The van der Waals surface area contributed by atoms with Crippen molar-refractivity contribution in [3.05, 3.63) is 35.0 Å². The quantitative estimate of drug-likeness (QED) is 0.815. The number of thiazole rings is 1. The number of sulfonamides is 1. The lowest BCUT2D eigenvalue weighted by Gasteiger charge is -2.11. The van der Waals surface area contributed by atoms with Crippen molar-refractivity contribution >= 4 is 27.0 Å². The van der Waals surface area contributed by atoms with Crippen molar-refractivity contribution in [3.8, 4) is 0 Å². The highest BCUT2D eigenvalue weighted by molar-refractivity contribution is 7.89. The van der Waals surface area contributed by atoms with Gasteiger partial charge >= 0.3 is 0 Å². The fourth-order valence-electron chi connectivity index (χ4n) is 1.57. The fourth-order valence-corrected chi connectivity index (χ4v) is 3.25. The Kier molecular flexibility index (Phi) is 5.05. The van der Waals surface area contributed by atoms with Crippen LogP contribution in [-0.2, 0) is 16.6 Å². The molecule has 20 heavy (non-hydrogen) atoms. The average Bonchev–Trinajstić information content (AvgIpc) is 2.97. The van der Waals surface area contributed by atoms with Crippen LogP contribution in [0.1, 0.15) is 19.0 Å². The van der Waals surface area contributed by atoms with Gasteiger partial charge in [0, 0.05) is 24.3 Å². The molecule has 0 amide bonds. The molecule has 0 saturated heterocycles. The molecule has 0 spiro atoms. The van der Waals surface area contributed by atoms with Gasteiger partial charge in [-0.05, 0) is 12.5 Å². The van der Waals surface area contributed by atoms with Gasteiger partial charge in [0.15, 0.2) is 0 Å². The van der Waals surface area contributed by atoms with E-state index >= 15 is 0 Å². The minimum atomic E-state index is -3.61. The third-order valence-electron chi connectivity index (χ3n) is 2.57. The summed E-state index contributed by atoms with van der Waals surface area (Å²) in [5.41, 5.74) is 2.93. The van der Waals surface area contributed by atoms with Crippen molar-refractivity contribution in [2.24, 2.45) is 0 Å². The molecule has 2 rings (SSSR count). The second kappa shape index (κ2) is 6.78. The van der Waals surface area contributed by atoms with Gasteiger partial charge < -0.3 is 5.32 Å². The Balaban J connectivity index is 2.16. The fraction of sp³-hybridized carbons (Fsp3) is 0.333. The molecule has 2 aromatic heterocycles. The molecular weight excluding hydrogens is 296 g/mol. The van der Waals surface area contributed by atoms with Gasteiger partial charge in [-0.3, -0.25) is 4.98 Å². The highest BCUT2D eigenvalue weighted by Gasteiger charge is 2.18. The lowest BCUT2D eigenvalue weighted by atomic mass is 10.4. The normalized spacial score (nSPS) is 11.4. The molecule has 108 valence electrons. The Labute approximate surface area is 122 Å². The number of anilines is 1. The van der Waals surface area contributed by atoms with E-state index in [1.54, 1.807) is 17.8 Å². The van der Waals surface area contributed by atoms with Crippen molar-refractivity contribution in [3.63, 3.8) is 0 Å². The molecule has 0 aliphatic carbocycles. The molecule has 0 radical (unpaired) electrons. The molecule has 2 heterocycles. The Hall–Kier alpha value is -1.51. The van der Waals surface area contributed by atoms with E-state index in [9.17, 15) is 8.42 Å². The third kappa shape index (κ3) is 3.75. The van der Waals surface area contributed by atoms with Crippen molar-refractivity contribution in [1.29, 1.82) is 0 Å². The number of rotatable bonds is 7. The highest BCUT2D eigenvalue weighted by atomic mass is 32.2. The Morgan fingerprint density at radius 2 is 2.25 bits per heavy atom. The van der Waals surface area contributed by atoms with E-state index in [2.05, 4.69) is 20.0 Å². The molecule has 2 aromatic rings.